The maximum absolute atomic E-state index is 12.4. The Hall–Kier alpha value is -1.24. The zero-order chi connectivity index (χ0) is 15.1. The maximum Gasteiger partial charge on any atom is 0.290 e. The van der Waals surface area contributed by atoms with Crippen molar-refractivity contribution in [2.75, 3.05) is 17.2 Å². The summed E-state index contributed by atoms with van der Waals surface area (Å²) >= 11 is 0. The third-order valence-corrected chi connectivity index (χ3v) is 5.53. The molecule has 1 aliphatic rings. The Kier molecular flexibility index (Phi) is 4.00. The van der Waals surface area contributed by atoms with Crippen molar-refractivity contribution in [3.63, 3.8) is 0 Å². The third-order valence-electron chi connectivity index (χ3n) is 3.78. The van der Waals surface area contributed by atoms with E-state index in [0.717, 1.165) is 12.1 Å². The summed E-state index contributed by atoms with van der Waals surface area (Å²) in [5.74, 6) is 0.577. The third kappa shape index (κ3) is 2.63. The molecule has 0 saturated carbocycles. The Morgan fingerprint density at radius 3 is 2.50 bits per heavy atom. The van der Waals surface area contributed by atoms with Crippen LogP contribution in [0.4, 0.5) is 5.69 Å². The van der Waals surface area contributed by atoms with Crippen LogP contribution in [0.2, 0.25) is 0 Å². The summed E-state index contributed by atoms with van der Waals surface area (Å²) in [6.45, 7) is 6.70. The Bertz CT molecular complexity index is 655. The number of rotatable bonds is 4. The second-order valence-corrected chi connectivity index (χ2v) is 8.11. The van der Waals surface area contributed by atoms with Crippen LogP contribution < -0.4 is 11.3 Å². The van der Waals surface area contributed by atoms with Crippen molar-refractivity contribution >= 4 is 15.5 Å². The Labute approximate surface area is 119 Å². The van der Waals surface area contributed by atoms with Crippen LogP contribution in [0.15, 0.2) is 4.79 Å². The van der Waals surface area contributed by atoms with Crippen molar-refractivity contribution < 1.29 is 8.42 Å². The van der Waals surface area contributed by atoms with Crippen molar-refractivity contribution in [2.24, 2.45) is 5.92 Å². The number of nitrogens with two attached hydrogens (primary N) is 1. The summed E-state index contributed by atoms with van der Waals surface area (Å²) < 4.78 is 26.7. The highest BCUT2D eigenvalue weighted by atomic mass is 32.2. The Morgan fingerprint density at radius 1 is 1.40 bits per heavy atom. The molecule has 2 rings (SSSR count). The van der Waals surface area contributed by atoms with Crippen LogP contribution in [0.25, 0.3) is 0 Å². The molecule has 0 bridgehead atoms. The molecule has 7 heteroatoms. The average molecular weight is 301 g/mol. The van der Waals surface area contributed by atoms with E-state index >= 15 is 0 Å². The molecular weight excluding hydrogens is 278 g/mol. The minimum Gasteiger partial charge on any atom is -0.393 e. The second-order valence-electron chi connectivity index (χ2n) is 5.88. The van der Waals surface area contributed by atoms with Gasteiger partial charge in [0.25, 0.3) is 5.56 Å². The largest absolute Gasteiger partial charge is 0.393 e. The van der Waals surface area contributed by atoms with Crippen LogP contribution >= 0.6 is 0 Å². The minimum atomic E-state index is -3.03. The van der Waals surface area contributed by atoms with Gasteiger partial charge in [-0.05, 0) is 25.7 Å². The maximum atomic E-state index is 12.4. The molecule has 0 aliphatic carbocycles. The molecule has 1 aromatic heterocycles. The van der Waals surface area contributed by atoms with Gasteiger partial charge < -0.3 is 5.73 Å². The lowest BCUT2D eigenvalue weighted by Crippen LogP contribution is -2.29. The van der Waals surface area contributed by atoms with Crippen LogP contribution in [-0.2, 0) is 22.8 Å². The van der Waals surface area contributed by atoms with Gasteiger partial charge in [-0.2, -0.15) is 0 Å². The van der Waals surface area contributed by atoms with E-state index in [1.165, 1.54) is 0 Å². The monoisotopic (exact) mass is 301 g/mol. The van der Waals surface area contributed by atoms with Crippen molar-refractivity contribution in [1.29, 1.82) is 0 Å². The molecule has 1 aliphatic heterocycles. The van der Waals surface area contributed by atoms with Crippen LogP contribution in [-0.4, -0.2) is 29.3 Å². The first-order chi connectivity index (χ1) is 9.26. The number of hydrogen-bond donors (Lipinski definition) is 1. The molecule has 1 aromatic rings. The summed E-state index contributed by atoms with van der Waals surface area (Å²) in [7, 11) is -3.03. The molecule has 0 amide bonds. The van der Waals surface area contributed by atoms with Gasteiger partial charge in [0.15, 0.2) is 9.84 Å². The SMILES string of the molecule is CCn1c(CC(C)C)c(N)c(=O)n1C1CCS(=O)(=O)C1. The number of aromatic nitrogens is 2. The Balaban J connectivity index is 2.51. The predicted octanol–water partition coefficient (Wildman–Crippen LogP) is 0.810. The van der Waals surface area contributed by atoms with Crippen molar-refractivity contribution in [2.45, 2.75) is 46.2 Å². The van der Waals surface area contributed by atoms with Gasteiger partial charge in [0.2, 0.25) is 0 Å². The lowest BCUT2D eigenvalue weighted by Gasteiger charge is -2.18. The summed E-state index contributed by atoms with van der Waals surface area (Å²) in [5.41, 5.74) is 6.81. The first kappa shape index (κ1) is 15.2. The molecule has 1 fully saturated rings. The molecule has 0 aromatic carbocycles. The summed E-state index contributed by atoms with van der Waals surface area (Å²) in [6.07, 6.45) is 1.22. The van der Waals surface area contributed by atoms with Crippen molar-refractivity contribution in [1.82, 2.24) is 9.36 Å². The Morgan fingerprint density at radius 2 is 2.05 bits per heavy atom. The van der Waals surface area contributed by atoms with Gasteiger partial charge in [-0.25, -0.2) is 13.1 Å². The van der Waals surface area contributed by atoms with E-state index in [-0.39, 0.29) is 28.8 Å². The molecule has 1 unspecified atom stereocenters. The summed E-state index contributed by atoms with van der Waals surface area (Å²) in [5, 5.41) is 0. The van der Waals surface area contributed by atoms with E-state index in [2.05, 4.69) is 13.8 Å². The molecule has 0 radical (unpaired) electrons. The van der Waals surface area contributed by atoms with Crippen molar-refractivity contribution in [3.8, 4) is 0 Å². The average Bonchev–Trinajstić information content (AvgIpc) is 2.81. The molecule has 6 nitrogen and oxygen atoms in total. The molecule has 114 valence electrons. The quantitative estimate of drug-likeness (QED) is 0.891. The van der Waals surface area contributed by atoms with Gasteiger partial charge in [-0.15, -0.1) is 0 Å². The number of nitrogen functional groups attached to an aromatic ring is 1. The minimum absolute atomic E-state index is 0.0392. The van der Waals surface area contributed by atoms with Crippen LogP contribution in [0.3, 0.4) is 0 Å². The molecular formula is C13H23N3O3S. The summed E-state index contributed by atoms with van der Waals surface area (Å²) in [6, 6.07) is -0.282. The fraction of sp³-hybridized carbons (Fsp3) is 0.769. The van der Waals surface area contributed by atoms with Crippen LogP contribution in [0.5, 0.6) is 0 Å². The second kappa shape index (κ2) is 5.27. The zero-order valence-corrected chi connectivity index (χ0v) is 13.1. The number of anilines is 1. The fourth-order valence-corrected chi connectivity index (χ4v) is 4.59. The summed E-state index contributed by atoms with van der Waals surface area (Å²) in [4.78, 5) is 12.4. The molecule has 0 spiro atoms. The highest BCUT2D eigenvalue weighted by Gasteiger charge is 2.33. The molecule has 2 N–H and O–H groups in total. The van der Waals surface area contributed by atoms with Crippen LogP contribution in [0, 0.1) is 5.92 Å². The smallest absolute Gasteiger partial charge is 0.290 e. The molecule has 2 heterocycles. The zero-order valence-electron chi connectivity index (χ0n) is 12.3. The van der Waals surface area contributed by atoms with Gasteiger partial charge in [0.1, 0.15) is 5.69 Å². The lowest BCUT2D eigenvalue weighted by atomic mass is 10.1. The topological polar surface area (TPSA) is 87.1 Å². The first-order valence-electron chi connectivity index (χ1n) is 7.07. The van der Waals surface area contributed by atoms with E-state index in [1.54, 1.807) is 4.68 Å². The van der Waals surface area contributed by atoms with Gasteiger partial charge in [0.05, 0.1) is 23.2 Å². The predicted molar refractivity (Wildman–Crippen MR) is 79.6 cm³/mol. The molecule has 20 heavy (non-hydrogen) atoms. The standard InChI is InChI=1S/C13H23N3O3S/c1-4-15-11(7-9(2)3)12(14)13(17)16(15)10-5-6-20(18,19)8-10/h9-10H,4-8,14H2,1-3H3. The van der Waals surface area contributed by atoms with E-state index in [0.29, 0.717) is 18.9 Å². The van der Waals surface area contributed by atoms with E-state index < -0.39 is 9.84 Å². The van der Waals surface area contributed by atoms with Gasteiger partial charge in [0, 0.05) is 6.54 Å². The van der Waals surface area contributed by atoms with Gasteiger partial charge in [-0.1, -0.05) is 13.8 Å². The number of hydrogen-bond acceptors (Lipinski definition) is 4. The molecule has 1 saturated heterocycles. The van der Waals surface area contributed by atoms with Gasteiger partial charge in [-0.3, -0.25) is 9.48 Å². The van der Waals surface area contributed by atoms with E-state index in [1.807, 2.05) is 11.6 Å². The highest BCUT2D eigenvalue weighted by Crippen LogP contribution is 2.25. The number of nitrogens with zero attached hydrogens (tertiary/aromatic N) is 2. The van der Waals surface area contributed by atoms with E-state index in [9.17, 15) is 13.2 Å². The highest BCUT2D eigenvalue weighted by molar-refractivity contribution is 7.91. The van der Waals surface area contributed by atoms with Gasteiger partial charge >= 0.3 is 0 Å². The fourth-order valence-electron chi connectivity index (χ4n) is 2.90. The lowest BCUT2D eigenvalue weighted by molar-refractivity contribution is 0.380. The van der Waals surface area contributed by atoms with Crippen LogP contribution in [0.1, 0.15) is 38.9 Å². The molecule has 1 atom stereocenters. The first-order valence-corrected chi connectivity index (χ1v) is 8.89. The van der Waals surface area contributed by atoms with Crippen molar-refractivity contribution in [3.05, 3.63) is 16.0 Å². The van der Waals surface area contributed by atoms with E-state index in [4.69, 9.17) is 5.73 Å². The number of sulfone groups is 1. The normalized spacial score (nSPS) is 21.7.